The summed E-state index contributed by atoms with van der Waals surface area (Å²) in [5, 5.41) is 0. The second kappa shape index (κ2) is 15.9. The van der Waals surface area contributed by atoms with Crippen LogP contribution in [0, 0.1) is 0 Å². The molecule has 0 rings (SSSR count). The van der Waals surface area contributed by atoms with Gasteiger partial charge in [0.2, 0.25) is 0 Å². The first kappa shape index (κ1) is 24.7. The van der Waals surface area contributed by atoms with Crippen LogP contribution in [-0.4, -0.2) is 13.2 Å². The number of ether oxygens (including phenoxy) is 1. The molecule has 0 radical (unpaired) electrons. The van der Waals surface area contributed by atoms with Crippen molar-refractivity contribution in [1.82, 2.24) is 0 Å². The van der Waals surface area contributed by atoms with Gasteiger partial charge in [-0.2, -0.15) is 0 Å². The van der Waals surface area contributed by atoms with Crippen LogP contribution in [0.3, 0.4) is 0 Å². The first-order valence-corrected chi connectivity index (χ1v) is 10.1. The minimum absolute atomic E-state index is 0.715. The van der Waals surface area contributed by atoms with Gasteiger partial charge >= 0.3 is 0 Å². The molecule has 0 saturated heterocycles. The van der Waals surface area contributed by atoms with E-state index in [1.807, 2.05) is 0 Å². The average Bonchev–Trinajstić information content (AvgIpc) is 2.53. The minimum atomic E-state index is 0.715. The number of hydrogen-bond acceptors (Lipinski definition) is 1. The van der Waals surface area contributed by atoms with E-state index in [2.05, 4.69) is 78.8 Å². The Kier molecular flexibility index (Phi) is 15.1. The fourth-order valence-corrected chi connectivity index (χ4v) is 2.50. The molecule has 0 aliphatic rings. The summed E-state index contributed by atoms with van der Waals surface area (Å²) in [6.07, 6.45) is 18.3. The Morgan fingerprint density at radius 2 is 0.846 bits per heavy atom. The summed E-state index contributed by atoms with van der Waals surface area (Å²) in [6, 6.07) is 0. The molecule has 0 bridgehead atoms. The lowest BCUT2D eigenvalue weighted by molar-refractivity contribution is 0.192. The lowest BCUT2D eigenvalue weighted by Gasteiger charge is -2.03. The van der Waals surface area contributed by atoms with Crippen molar-refractivity contribution in [1.29, 1.82) is 0 Å². The van der Waals surface area contributed by atoms with Crippen LogP contribution in [-0.2, 0) is 4.74 Å². The average molecular weight is 359 g/mol. The number of hydrogen-bond donors (Lipinski definition) is 0. The highest BCUT2D eigenvalue weighted by molar-refractivity contribution is 5.06. The van der Waals surface area contributed by atoms with Crippen molar-refractivity contribution >= 4 is 0 Å². The molecule has 26 heavy (non-hydrogen) atoms. The molecule has 0 atom stereocenters. The van der Waals surface area contributed by atoms with E-state index in [1.165, 1.54) is 34.3 Å². The Morgan fingerprint density at radius 3 is 1.23 bits per heavy atom. The second-order valence-corrected chi connectivity index (χ2v) is 7.87. The zero-order valence-corrected chi connectivity index (χ0v) is 18.5. The summed E-state index contributed by atoms with van der Waals surface area (Å²) >= 11 is 0. The van der Waals surface area contributed by atoms with Gasteiger partial charge in [-0.15, -0.1) is 0 Å². The molecule has 0 heterocycles. The fraction of sp³-hybridized carbons (Fsp3) is 0.600. The van der Waals surface area contributed by atoms with Crippen molar-refractivity contribution < 1.29 is 4.74 Å². The van der Waals surface area contributed by atoms with Gasteiger partial charge in [-0.05, 0) is 87.0 Å². The Bertz CT molecular complexity index is 518. The van der Waals surface area contributed by atoms with Gasteiger partial charge in [0, 0.05) is 0 Å². The SMILES string of the molecule is CC(C)=CCCC(C)=CCCC(C)=CCOC/C=C(/C)CCC=C(C)C. The Balaban J connectivity index is 3.90. The van der Waals surface area contributed by atoms with E-state index >= 15 is 0 Å². The Morgan fingerprint density at radius 1 is 0.500 bits per heavy atom. The van der Waals surface area contributed by atoms with Crippen molar-refractivity contribution in [3.63, 3.8) is 0 Å². The van der Waals surface area contributed by atoms with Crippen LogP contribution in [0.4, 0.5) is 0 Å². The van der Waals surface area contributed by atoms with E-state index in [0.717, 1.165) is 32.1 Å². The highest BCUT2D eigenvalue weighted by atomic mass is 16.5. The molecule has 1 heteroatoms. The van der Waals surface area contributed by atoms with Crippen LogP contribution >= 0.6 is 0 Å². The molecule has 0 aliphatic carbocycles. The summed E-state index contributed by atoms with van der Waals surface area (Å²) < 4.78 is 5.72. The van der Waals surface area contributed by atoms with Gasteiger partial charge in [-0.1, -0.05) is 58.2 Å². The maximum absolute atomic E-state index is 5.72. The molecular weight excluding hydrogens is 316 g/mol. The van der Waals surface area contributed by atoms with Crippen LogP contribution < -0.4 is 0 Å². The van der Waals surface area contributed by atoms with Crippen LogP contribution in [0.5, 0.6) is 0 Å². The predicted molar refractivity (Wildman–Crippen MR) is 119 cm³/mol. The topological polar surface area (TPSA) is 9.23 Å². The molecule has 0 aromatic heterocycles. The van der Waals surface area contributed by atoms with E-state index in [9.17, 15) is 0 Å². The van der Waals surface area contributed by atoms with Crippen molar-refractivity contribution in [2.45, 2.75) is 87.0 Å². The van der Waals surface area contributed by atoms with Gasteiger partial charge in [0.1, 0.15) is 0 Å². The summed E-state index contributed by atoms with van der Waals surface area (Å²) in [4.78, 5) is 0. The van der Waals surface area contributed by atoms with E-state index in [0.29, 0.717) is 13.2 Å². The summed E-state index contributed by atoms with van der Waals surface area (Å²) in [5.41, 5.74) is 7.14. The molecule has 0 amide bonds. The zero-order valence-electron chi connectivity index (χ0n) is 18.5. The molecule has 0 aromatic carbocycles. The molecule has 148 valence electrons. The molecule has 0 aromatic rings. The van der Waals surface area contributed by atoms with Crippen molar-refractivity contribution in [3.8, 4) is 0 Å². The van der Waals surface area contributed by atoms with Crippen molar-refractivity contribution in [2.24, 2.45) is 0 Å². The second-order valence-electron chi connectivity index (χ2n) is 7.87. The maximum Gasteiger partial charge on any atom is 0.0654 e. The third-order valence-electron chi connectivity index (χ3n) is 4.31. The smallest absolute Gasteiger partial charge is 0.0654 e. The first-order valence-electron chi connectivity index (χ1n) is 10.1. The molecule has 0 fully saturated rings. The monoisotopic (exact) mass is 358 g/mol. The van der Waals surface area contributed by atoms with Crippen molar-refractivity contribution in [2.75, 3.05) is 13.2 Å². The number of rotatable bonds is 13. The van der Waals surface area contributed by atoms with Gasteiger partial charge in [0.05, 0.1) is 13.2 Å². The lowest BCUT2D eigenvalue weighted by Crippen LogP contribution is -1.93. The predicted octanol–water partition coefficient (Wildman–Crippen LogP) is 8.11. The normalized spacial score (nSPS) is 13.0. The van der Waals surface area contributed by atoms with E-state index < -0.39 is 0 Å². The molecule has 1 nitrogen and oxygen atoms in total. The maximum atomic E-state index is 5.72. The summed E-state index contributed by atoms with van der Waals surface area (Å²) in [6.45, 7) is 16.7. The summed E-state index contributed by atoms with van der Waals surface area (Å²) in [7, 11) is 0. The van der Waals surface area contributed by atoms with Gasteiger partial charge in [-0.25, -0.2) is 0 Å². The van der Waals surface area contributed by atoms with E-state index in [1.54, 1.807) is 0 Å². The van der Waals surface area contributed by atoms with Crippen LogP contribution in [0.1, 0.15) is 87.0 Å². The Hall–Kier alpha value is -1.34. The highest BCUT2D eigenvalue weighted by Gasteiger charge is 1.93. The minimum Gasteiger partial charge on any atom is -0.373 e. The lowest BCUT2D eigenvalue weighted by atomic mass is 10.1. The fourth-order valence-electron chi connectivity index (χ4n) is 2.50. The summed E-state index contributed by atoms with van der Waals surface area (Å²) in [5.74, 6) is 0. The van der Waals surface area contributed by atoms with Crippen LogP contribution in [0.25, 0.3) is 0 Å². The number of allylic oxidation sites excluding steroid dienone is 8. The molecular formula is C25H42O. The van der Waals surface area contributed by atoms with E-state index in [4.69, 9.17) is 4.74 Å². The zero-order chi connectivity index (χ0) is 19.8. The van der Waals surface area contributed by atoms with Crippen LogP contribution in [0.15, 0.2) is 58.2 Å². The molecule has 0 saturated carbocycles. The van der Waals surface area contributed by atoms with Gasteiger partial charge in [0.15, 0.2) is 0 Å². The standard InChI is InChI=1S/C25H42O/c1-21(2)11-8-13-23(5)15-10-16-25(7)18-20-26-19-17-24(6)14-9-12-22(3)4/h11-12,15,17-18H,8-10,13-14,16,19-20H2,1-7H3/b23-15?,24-17-,25-18?. The molecule has 0 unspecified atom stereocenters. The van der Waals surface area contributed by atoms with Gasteiger partial charge in [0.25, 0.3) is 0 Å². The third kappa shape index (κ3) is 17.5. The van der Waals surface area contributed by atoms with Gasteiger partial charge < -0.3 is 4.74 Å². The molecule has 0 spiro atoms. The molecule has 0 N–H and O–H groups in total. The van der Waals surface area contributed by atoms with Crippen molar-refractivity contribution in [3.05, 3.63) is 58.2 Å². The molecule has 0 aliphatic heterocycles. The third-order valence-corrected chi connectivity index (χ3v) is 4.31. The largest absolute Gasteiger partial charge is 0.373 e. The first-order chi connectivity index (χ1) is 12.3. The van der Waals surface area contributed by atoms with Crippen LogP contribution in [0.2, 0.25) is 0 Å². The highest BCUT2D eigenvalue weighted by Crippen LogP contribution is 2.11. The quantitative estimate of drug-likeness (QED) is 0.238. The van der Waals surface area contributed by atoms with E-state index in [-0.39, 0.29) is 0 Å². The Labute approximate surface area is 163 Å². The van der Waals surface area contributed by atoms with Gasteiger partial charge in [-0.3, -0.25) is 0 Å².